The van der Waals surface area contributed by atoms with E-state index in [1.54, 1.807) is 6.92 Å². The molecule has 0 spiro atoms. The van der Waals surface area contributed by atoms with E-state index in [1.165, 1.54) is 0 Å². The zero-order chi connectivity index (χ0) is 7.28. The lowest BCUT2D eigenvalue weighted by atomic mass is 10.3. The molecule has 0 aromatic heterocycles. The van der Waals surface area contributed by atoms with E-state index in [2.05, 4.69) is 11.4 Å². The van der Waals surface area contributed by atoms with Gasteiger partial charge in [-0.15, -0.1) is 16.7 Å². The molecule has 0 heterocycles. The first-order valence-electron chi connectivity index (χ1n) is 2.54. The Morgan fingerprint density at radius 1 is 1.89 bits per heavy atom. The van der Waals surface area contributed by atoms with E-state index < -0.39 is 5.09 Å². The minimum atomic E-state index is -0.803. The first kappa shape index (κ1) is 7.94. The number of hydrogen-bond donors (Lipinski definition) is 0. The average Bonchev–Trinajstić information content (AvgIpc) is 1.63. The van der Waals surface area contributed by atoms with Gasteiger partial charge in [-0.3, -0.25) is 0 Å². The highest BCUT2D eigenvalue weighted by Gasteiger charge is 1.92. The molecule has 0 saturated heterocycles. The molecule has 4 heteroatoms. The van der Waals surface area contributed by atoms with Crippen molar-refractivity contribution in [3.8, 4) is 0 Å². The van der Waals surface area contributed by atoms with Gasteiger partial charge in [0.2, 0.25) is 0 Å². The lowest BCUT2D eigenvalue weighted by Crippen LogP contribution is -2.01. The van der Waals surface area contributed by atoms with Crippen molar-refractivity contribution in [1.29, 1.82) is 0 Å². The van der Waals surface area contributed by atoms with Crippen molar-refractivity contribution in [2.75, 3.05) is 6.61 Å². The largest absolute Gasteiger partial charge is 0.314 e. The summed E-state index contributed by atoms with van der Waals surface area (Å²) < 4.78 is 0. The summed E-state index contributed by atoms with van der Waals surface area (Å²) in [5.74, 6) is 0. The lowest BCUT2D eigenvalue weighted by molar-refractivity contribution is -0.757. The predicted molar refractivity (Wildman–Crippen MR) is 32.4 cm³/mol. The van der Waals surface area contributed by atoms with Gasteiger partial charge in [-0.2, -0.15) is 0 Å². The van der Waals surface area contributed by atoms with Crippen LogP contribution in [0.25, 0.3) is 0 Å². The molecule has 0 aromatic rings. The van der Waals surface area contributed by atoms with Crippen molar-refractivity contribution < 1.29 is 9.92 Å². The highest BCUT2D eigenvalue weighted by atomic mass is 16.9. The Kier molecular flexibility index (Phi) is 3.43. The normalized spacial score (nSPS) is 8.56. The molecule has 0 atom stereocenters. The zero-order valence-corrected chi connectivity index (χ0v) is 5.29. The Morgan fingerprint density at radius 3 is 2.78 bits per heavy atom. The Bertz CT molecular complexity index is 107. The highest BCUT2D eigenvalue weighted by Crippen LogP contribution is 1.94. The number of nitrogens with zero attached hydrogens (tertiary/aromatic N) is 1. The first-order chi connectivity index (χ1) is 4.13. The smallest absolute Gasteiger partial charge is 0.294 e. The number of rotatable bonds is 4. The molecule has 4 nitrogen and oxygen atoms in total. The minimum Gasteiger partial charge on any atom is -0.314 e. The summed E-state index contributed by atoms with van der Waals surface area (Å²) in [5.41, 5.74) is 0.886. The third kappa shape index (κ3) is 6.94. The van der Waals surface area contributed by atoms with E-state index in [0.29, 0.717) is 6.42 Å². The highest BCUT2D eigenvalue weighted by molar-refractivity contribution is 4.86. The van der Waals surface area contributed by atoms with Gasteiger partial charge in [0.25, 0.3) is 5.09 Å². The summed E-state index contributed by atoms with van der Waals surface area (Å²) in [5, 5.41) is 8.73. The summed E-state index contributed by atoms with van der Waals surface area (Å²) in [4.78, 5) is 13.5. The molecular weight excluding hydrogens is 122 g/mol. The van der Waals surface area contributed by atoms with E-state index in [1.807, 2.05) is 0 Å². The molecule has 0 aliphatic rings. The standard InChI is InChI=1S/C5H9NO3/c1-5(2)3-4-9-6(7)8/h1,3-4H2,2H3. The molecule has 0 radical (unpaired) electrons. The summed E-state index contributed by atoms with van der Waals surface area (Å²) in [7, 11) is 0. The van der Waals surface area contributed by atoms with Gasteiger partial charge in [0, 0.05) is 0 Å². The third-order valence-electron chi connectivity index (χ3n) is 0.726. The molecule has 0 N–H and O–H groups in total. The van der Waals surface area contributed by atoms with Crippen LogP contribution in [0.5, 0.6) is 0 Å². The van der Waals surface area contributed by atoms with Crippen molar-refractivity contribution in [3.63, 3.8) is 0 Å². The summed E-state index contributed by atoms with van der Waals surface area (Å²) >= 11 is 0. The van der Waals surface area contributed by atoms with Crippen molar-refractivity contribution in [2.24, 2.45) is 0 Å². The van der Waals surface area contributed by atoms with Gasteiger partial charge in [0.15, 0.2) is 0 Å². The van der Waals surface area contributed by atoms with Crippen LogP contribution in [0.1, 0.15) is 13.3 Å². The van der Waals surface area contributed by atoms with Crippen LogP contribution in [0.4, 0.5) is 0 Å². The molecule has 0 aliphatic carbocycles. The fraction of sp³-hybridized carbons (Fsp3) is 0.600. The second kappa shape index (κ2) is 3.88. The first-order valence-corrected chi connectivity index (χ1v) is 2.54. The van der Waals surface area contributed by atoms with E-state index in [0.717, 1.165) is 5.57 Å². The average molecular weight is 131 g/mol. The van der Waals surface area contributed by atoms with E-state index in [9.17, 15) is 10.1 Å². The van der Waals surface area contributed by atoms with Gasteiger partial charge in [-0.1, -0.05) is 5.57 Å². The maximum Gasteiger partial charge on any atom is 0.294 e. The molecule has 0 amide bonds. The van der Waals surface area contributed by atoms with Crippen LogP contribution in [-0.4, -0.2) is 11.7 Å². The molecule has 9 heavy (non-hydrogen) atoms. The molecule has 0 bridgehead atoms. The Morgan fingerprint density at radius 2 is 2.44 bits per heavy atom. The molecule has 0 fully saturated rings. The molecular formula is C5H9NO3. The molecule has 0 rings (SSSR count). The quantitative estimate of drug-likeness (QED) is 0.327. The topological polar surface area (TPSA) is 52.4 Å². The summed E-state index contributed by atoms with van der Waals surface area (Å²) in [6.07, 6.45) is 0.543. The van der Waals surface area contributed by atoms with E-state index in [-0.39, 0.29) is 6.61 Å². The molecule has 0 aliphatic heterocycles. The van der Waals surface area contributed by atoms with Gasteiger partial charge in [-0.25, -0.2) is 0 Å². The van der Waals surface area contributed by atoms with Crippen LogP contribution in [0.3, 0.4) is 0 Å². The van der Waals surface area contributed by atoms with Gasteiger partial charge in [-0.05, 0) is 13.3 Å². The zero-order valence-electron chi connectivity index (χ0n) is 5.29. The Balaban J connectivity index is 3.10. The monoisotopic (exact) mass is 131 g/mol. The fourth-order valence-electron chi connectivity index (χ4n) is 0.294. The second-order valence-electron chi connectivity index (χ2n) is 1.76. The van der Waals surface area contributed by atoms with E-state index >= 15 is 0 Å². The van der Waals surface area contributed by atoms with Crippen LogP contribution in [-0.2, 0) is 4.84 Å². The van der Waals surface area contributed by atoms with Crippen LogP contribution in [0, 0.1) is 10.1 Å². The van der Waals surface area contributed by atoms with Crippen LogP contribution < -0.4 is 0 Å². The van der Waals surface area contributed by atoms with Crippen molar-refractivity contribution >= 4 is 0 Å². The molecule has 0 saturated carbocycles. The molecule has 52 valence electrons. The van der Waals surface area contributed by atoms with Crippen LogP contribution >= 0.6 is 0 Å². The van der Waals surface area contributed by atoms with Crippen LogP contribution in [0.2, 0.25) is 0 Å². The van der Waals surface area contributed by atoms with Crippen LogP contribution in [0.15, 0.2) is 12.2 Å². The van der Waals surface area contributed by atoms with Gasteiger partial charge >= 0.3 is 0 Å². The van der Waals surface area contributed by atoms with Crippen molar-refractivity contribution in [2.45, 2.75) is 13.3 Å². The number of hydrogen-bond acceptors (Lipinski definition) is 3. The summed E-state index contributed by atoms with van der Waals surface area (Å²) in [6, 6.07) is 0. The van der Waals surface area contributed by atoms with Gasteiger partial charge < -0.3 is 4.84 Å². The van der Waals surface area contributed by atoms with Gasteiger partial charge in [0.05, 0.1) is 0 Å². The molecule has 0 aromatic carbocycles. The van der Waals surface area contributed by atoms with Crippen molar-refractivity contribution in [3.05, 3.63) is 22.3 Å². The minimum absolute atomic E-state index is 0.113. The van der Waals surface area contributed by atoms with Crippen molar-refractivity contribution in [1.82, 2.24) is 0 Å². The van der Waals surface area contributed by atoms with E-state index in [4.69, 9.17) is 0 Å². The summed E-state index contributed by atoms with van der Waals surface area (Å²) in [6.45, 7) is 5.46. The molecule has 0 unspecified atom stereocenters. The SMILES string of the molecule is C=C(C)CCO[N+](=O)[O-]. The predicted octanol–water partition coefficient (Wildman–Crippen LogP) is 1.16. The Hall–Kier alpha value is -1.06. The third-order valence-corrected chi connectivity index (χ3v) is 0.726. The maximum atomic E-state index is 9.53. The fourth-order valence-corrected chi connectivity index (χ4v) is 0.294. The van der Waals surface area contributed by atoms with Gasteiger partial charge in [0.1, 0.15) is 6.61 Å². The lowest BCUT2D eigenvalue weighted by Gasteiger charge is -1.95. The second-order valence-corrected chi connectivity index (χ2v) is 1.76. The maximum absolute atomic E-state index is 9.53. The Labute approximate surface area is 53.2 Å².